The first-order valence-corrected chi connectivity index (χ1v) is 30.9. The van der Waals surface area contributed by atoms with Gasteiger partial charge in [-0.3, -0.25) is 0 Å². The second kappa shape index (κ2) is 19.6. The third-order valence-corrected chi connectivity index (χ3v) is 18.5. The van der Waals surface area contributed by atoms with Crippen molar-refractivity contribution in [2.24, 2.45) is 0 Å². The van der Waals surface area contributed by atoms with Gasteiger partial charge < -0.3 is 18.5 Å². The van der Waals surface area contributed by atoms with Gasteiger partial charge in [0.25, 0.3) is 6.71 Å². The second-order valence-electron chi connectivity index (χ2n) is 28.6. The van der Waals surface area contributed by atoms with Crippen molar-refractivity contribution in [2.75, 3.05) is 4.90 Å². The first-order chi connectivity index (χ1) is 41.6. The van der Waals surface area contributed by atoms with E-state index in [1.165, 1.54) is 50.0 Å². The highest BCUT2D eigenvalue weighted by Crippen LogP contribution is 2.52. The summed E-state index contributed by atoms with van der Waals surface area (Å²) in [5, 5.41) is 4.38. The van der Waals surface area contributed by atoms with Crippen molar-refractivity contribution in [3.05, 3.63) is 241 Å². The van der Waals surface area contributed by atoms with Gasteiger partial charge in [-0.1, -0.05) is 241 Å². The van der Waals surface area contributed by atoms with Gasteiger partial charge in [-0.2, -0.15) is 0 Å². The molecule has 15 rings (SSSR count). The molecule has 13 aromatic rings. The van der Waals surface area contributed by atoms with E-state index in [4.69, 9.17) is 13.6 Å². The Kier molecular flexibility index (Phi) is 12.2. The molecule has 426 valence electrons. The molecular formula is C82H72BNO3. The van der Waals surface area contributed by atoms with Gasteiger partial charge in [0.15, 0.2) is 0 Å². The van der Waals surface area contributed by atoms with Crippen LogP contribution in [-0.4, -0.2) is 6.71 Å². The number of anilines is 3. The largest absolute Gasteiger partial charge is 0.458 e. The molecule has 0 amide bonds. The van der Waals surface area contributed by atoms with E-state index in [-0.39, 0.29) is 28.4 Å². The molecule has 87 heavy (non-hydrogen) atoms. The van der Waals surface area contributed by atoms with Crippen molar-refractivity contribution < 1.29 is 13.6 Å². The number of nitrogens with zero attached hydrogens (tertiary/aromatic N) is 1. The average molecular weight is 1130 g/mol. The predicted octanol–water partition coefficient (Wildman–Crippen LogP) is 21.4. The van der Waals surface area contributed by atoms with Crippen LogP contribution < -0.4 is 26.0 Å². The fourth-order valence-corrected chi connectivity index (χ4v) is 13.5. The van der Waals surface area contributed by atoms with Crippen LogP contribution in [0.25, 0.3) is 99.5 Å². The SMILES string of the molecule is CC(C)(C)c1cc(-c2ccc3c(c2)B2c4cc(-c5cc(C(C)(C)C)cc(C(C)(C)C)c5)ccc4N(c4c(-c5ccc6c(c5)oc5ccccc56)cccc4-c4ccc5c(c4)oc4ccccc45)c4cc(-c5ccccc5)cc(c42)O3)cc(C(C)(C)C)c1. The molecule has 2 aliphatic heterocycles. The summed E-state index contributed by atoms with van der Waals surface area (Å²) in [6, 6.07) is 81.3. The lowest BCUT2D eigenvalue weighted by Crippen LogP contribution is -2.59. The van der Waals surface area contributed by atoms with E-state index in [1.807, 2.05) is 12.1 Å². The fourth-order valence-electron chi connectivity index (χ4n) is 13.5. The second-order valence-corrected chi connectivity index (χ2v) is 28.6. The number of benzene rings is 11. The molecule has 0 radical (unpaired) electrons. The maximum Gasteiger partial charge on any atom is 0.256 e. The fraction of sp³-hybridized carbons (Fsp3) is 0.195. The van der Waals surface area contributed by atoms with E-state index in [1.54, 1.807) is 0 Å². The standard InChI is InChI=1S/C82H72BNO3/c1-79(2,3)57-37-54(38-58(47-57)80(4,5)6)50-31-35-69-67(41-50)83-68-42-51(55-39-59(81(7,8)9)48-60(40-55)82(10,11)12)32-36-73(68)87-76-46-56(49-21-14-13-15-22-49)43-70(77(76)83)84(69)78-61(52-29-33-65-63-23-16-18-27-71(63)85-74(65)44-52)25-20-26-62(78)53-30-34-66-64-24-17-19-28-72(64)86-75(66)45-53/h13-48H,1-12H3. The first kappa shape index (κ1) is 54.3. The lowest BCUT2D eigenvalue weighted by Gasteiger charge is -2.42. The van der Waals surface area contributed by atoms with E-state index < -0.39 is 0 Å². The Morgan fingerprint density at radius 1 is 0.299 bits per heavy atom. The van der Waals surface area contributed by atoms with Gasteiger partial charge in [0.2, 0.25) is 0 Å². The molecule has 0 spiro atoms. The Bertz CT molecular complexity index is 4750. The van der Waals surface area contributed by atoms with Gasteiger partial charge in [0.05, 0.1) is 5.69 Å². The number of fused-ring (bicyclic) bond motifs is 10. The molecule has 4 heterocycles. The Morgan fingerprint density at radius 2 is 0.747 bits per heavy atom. The summed E-state index contributed by atoms with van der Waals surface area (Å²) < 4.78 is 20.9. The highest BCUT2D eigenvalue weighted by atomic mass is 16.5. The Labute approximate surface area is 512 Å². The van der Waals surface area contributed by atoms with Crippen LogP contribution in [0, 0.1) is 0 Å². The maximum absolute atomic E-state index is 7.49. The molecule has 4 nitrogen and oxygen atoms in total. The molecule has 0 saturated heterocycles. The zero-order valence-electron chi connectivity index (χ0n) is 52.0. The smallest absolute Gasteiger partial charge is 0.256 e. The van der Waals surface area contributed by atoms with Crippen molar-refractivity contribution in [1.29, 1.82) is 0 Å². The van der Waals surface area contributed by atoms with Crippen LogP contribution in [-0.2, 0) is 21.7 Å². The monoisotopic (exact) mass is 1130 g/mol. The number of para-hydroxylation sites is 3. The van der Waals surface area contributed by atoms with Crippen LogP contribution >= 0.6 is 0 Å². The summed E-state index contributed by atoms with van der Waals surface area (Å²) in [4.78, 5) is 2.57. The minimum absolute atomic E-state index is 0.0538. The van der Waals surface area contributed by atoms with E-state index in [0.29, 0.717) is 0 Å². The van der Waals surface area contributed by atoms with Gasteiger partial charge >= 0.3 is 0 Å². The van der Waals surface area contributed by atoms with Crippen molar-refractivity contribution in [2.45, 2.75) is 105 Å². The topological polar surface area (TPSA) is 38.8 Å². The number of ether oxygens (including phenoxy) is 1. The van der Waals surface area contributed by atoms with E-state index in [9.17, 15) is 0 Å². The van der Waals surface area contributed by atoms with E-state index in [2.05, 4.69) is 294 Å². The van der Waals surface area contributed by atoms with E-state index in [0.717, 1.165) is 117 Å². The molecule has 0 aliphatic carbocycles. The quantitative estimate of drug-likeness (QED) is 0.156. The third kappa shape index (κ3) is 9.28. The number of rotatable bonds is 6. The normalized spacial score (nSPS) is 13.3. The molecule has 0 unspecified atom stereocenters. The molecule has 5 heteroatoms. The summed E-state index contributed by atoms with van der Waals surface area (Å²) in [6.07, 6.45) is 0. The molecule has 0 bridgehead atoms. The molecule has 0 saturated carbocycles. The number of furan rings is 2. The lowest BCUT2D eigenvalue weighted by atomic mass is 9.34. The first-order valence-electron chi connectivity index (χ1n) is 30.9. The highest BCUT2D eigenvalue weighted by Gasteiger charge is 2.44. The van der Waals surface area contributed by atoms with Gasteiger partial charge in [-0.15, -0.1) is 0 Å². The van der Waals surface area contributed by atoms with Crippen molar-refractivity contribution in [3.63, 3.8) is 0 Å². The Morgan fingerprint density at radius 3 is 1.26 bits per heavy atom. The molecule has 0 atom stereocenters. The zero-order valence-corrected chi connectivity index (χ0v) is 52.0. The van der Waals surface area contributed by atoms with Crippen molar-refractivity contribution >= 4 is 84.0 Å². The van der Waals surface area contributed by atoms with Crippen LogP contribution in [0.15, 0.2) is 227 Å². The van der Waals surface area contributed by atoms with Crippen LogP contribution in [0.2, 0.25) is 0 Å². The van der Waals surface area contributed by atoms with Crippen molar-refractivity contribution in [1.82, 2.24) is 0 Å². The third-order valence-electron chi connectivity index (χ3n) is 18.5. The molecule has 2 aliphatic rings. The minimum Gasteiger partial charge on any atom is -0.458 e. The van der Waals surface area contributed by atoms with Crippen LogP contribution in [0.5, 0.6) is 11.5 Å². The van der Waals surface area contributed by atoms with Crippen LogP contribution in [0.3, 0.4) is 0 Å². The predicted molar refractivity (Wildman–Crippen MR) is 369 cm³/mol. The Hall–Kier alpha value is -9.32. The van der Waals surface area contributed by atoms with Crippen molar-refractivity contribution in [3.8, 4) is 67.1 Å². The van der Waals surface area contributed by atoms with Gasteiger partial charge in [-0.05, 0) is 165 Å². The summed E-state index contributed by atoms with van der Waals surface area (Å²) >= 11 is 0. The number of hydrogen-bond donors (Lipinski definition) is 0. The molecular weight excluding hydrogens is 1060 g/mol. The number of hydrogen-bond acceptors (Lipinski definition) is 4. The summed E-state index contributed by atoms with van der Waals surface area (Å²) in [6.45, 7) is 27.7. The van der Waals surface area contributed by atoms with Gasteiger partial charge in [-0.25, -0.2) is 0 Å². The zero-order chi connectivity index (χ0) is 60.1. The van der Waals surface area contributed by atoms with Crippen LogP contribution in [0.4, 0.5) is 17.1 Å². The summed E-state index contributed by atoms with van der Waals surface area (Å²) in [7, 11) is 0. The lowest BCUT2D eigenvalue weighted by molar-refractivity contribution is 0.488. The van der Waals surface area contributed by atoms with Gasteiger partial charge in [0, 0.05) is 44.0 Å². The Balaban J connectivity index is 1.05. The van der Waals surface area contributed by atoms with E-state index >= 15 is 0 Å². The van der Waals surface area contributed by atoms with Gasteiger partial charge in [0.1, 0.15) is 33.8 Å². The maximum atomic E-state index is 7.49. The highest BCUT2D eigenvalue weighted by molar-refractivity contribution is 6.99. The molecule has 0 N–H and O–H groups in total. The minimum atomic E-state index is -0.218. The molecule has 0 fully saturated rings. The van der Waals surface area contributed by atoms with Crippen LogP contribution in [0.1, 0.15) is 105 Å². The molecule has 2 aromatic heterocycles. The molecule has 11 aromatic carbocycles. The summed E-state index contributed by atoms with van der Waals surface area (Å²) in [5.41, 5.74) is 26.3. The summed E-state index contributed by atoms with van der Waals surface area (Å²) in [5.74, 6) is 1.71. The average Bonchev–Trinajstić information content (AvgIpc) is 1.20.